The van der Waals surface area contributed by atoms with E-state index in [0.717, 1.165) is 11.3 Å². The maximum atomic E-state index is 13.0. The van der Waals surface area contributed by atoms with Crippen molar-refractivity contribution < 1.29 is 14.3 Å². The predicted octanol–water partition coefficient (Wildman–Crippen LogP) is 1.52. The van der Waals surface area contributed by atoms with Crippen molar-refractivity contribution in [1.29, 1.82) is 0 Å². The molecule has 2 amide bonds. The first-order valence-electron chi connectivity index (χ1n) is 8.59. The van der Waals surface area contributed by atoms with Crippen molar-refractivity contribution in [2.24, 2.45) is 0 Å². The maximum absolute atomic E-state index is 13.0. The number of hydrogen-bond donors (Lipinski definition) is 0. The van der Waals surface area contributed by atoms with Crippen LogP contribution in [-0.4, -0.2) is 52.9 Å². The zero-order chi connectivity index (χ0) is 18.4. The highest BCUT2D eigenvalue weighted by atomic mass is 16.5. The van der Waals surface area contributed by atoms with Gasteiger partial charge in [0.25, 0.3) is 5.91 Å². The van der Waals surface area contributed by atoms with Gasteiger partial charge < -0.3 is 14.5 Å². The molecule has 0 spiro atoms. The summed E-state index contributed by atoms with van der Waals surface area (Å²) in [4.78, 5) is 37.3. The summed E-state index contributed by atoms with van der Waals surface area (Å²) >= 11 is 0. The SMILES string of the molecule is Cc1nc(C)c2c(n1)OC(CN1CC(=O)N(C)c3ccccc3C1=O)C2. The van der Waals surface area contributed by atoms with E-state index in [2.05, 4.69) is 9.97 Å². The number of aromatic nitrogens is 2. The van der Waals surface area contributed by atoms with Crippen LogP contribution in [0.2, 0.25) is 0 Å². The molecule has 134 valence electrons. The Hall–Kier alpha value is -2.96. The predicted molar refractivity (Wildman–Crippen MR) is 95.4 cm³/mol. The van der Waals surface area contributed by atoms with Crippen LogP contribution in [-0.2, 0) is 11.2 Å². The van der Waals surface area contributed by atoms with E-state index in [0.29, 0.717) is 35.9 Å². The molecule has 0 saturated heterocycles. The quantitative estimate of drug-likeness (QED) is 0.819. The fourth-order valence-electron chi connectivity index (χ4n) is 3.55. The van der Waals surface area contributed by atoms with Crippen molar-refractivity contribution in [2.75, 3.05) is 25.0 Å². The third-order valence-electron chi connectivity index (χ3n) is 4.91. The number of nitrogens with zero attached hydrogens (tertiary/aromatic N) is 4. The standard InChI is InChI=1S/C19H20N4O3/c1-11-15-8-13(26-18(15)21-12(2)20-11)9-23-10-17(24)22(3)16-7-5-4-6-14(16)19(23)25/h4-7,13H,8-10H2,1-3H3. The second-order valence-corrected chi connectivity index (χ2v) is 6.74. The van der Waals surface area contributed by atoms with E-state index < -0.39 is 0 Å². The van der Waals surface area contributed by atoms with Crippen molar-refractivity contribution >= 4 is 17.5 Å². The zero-order valence-corrected chi connectivity index (χ0v) is 15.0. The maximum Gasteiger partial charge on any atom is 0.256 e. The highest BCUT2D eigenvalue weighted by Gasteiger charge is 2.34. The van der Waals surface area contributed by atoms with Crippen LogP contribution in [0.5, 0.6) is 5.88 Å². The molecule has 4 rings (SSSR count). The van der Waals surface area contributed by atoms with Crippen LogP contribution in [0.1, 0.15) is 27.4 Å². The molecule has 0 bridgehead atoms. The van der Waals surface area contributed by atoms with E-state index >= 15 is 0 Å². The number of likely N-dealkylation sites (N-methyl/N-ethyl adjacent to an activating group) is 1. The number of benzene rings is 1. The Morgan fingerprint density at radius 2 is 1.96 bits per heavy atom. The molecule has 26 heavy (non-hydrogen) atoms. The fraction of sp³-hybridized carbons (Fsp3) is 0.368. The minimum atomic E-state index is -0.230. The van der Waals surface area contributed by atoms with E-state index in [4.69, 9.17) is 4.74 Å². The lowest BCUT2D eigenvalue weighted by molar-refractivity contribution is -0.119. The van der Waals surface area contributed by atoms with E-state index in [1.54, 1.807) is 24.1 Å². The van der Waals surface area contributed by atoms with Crippen LogP contribution < -0.4 is 9.64 Å². The number of anilines is 1. The number of fused-ring (bicyclic) bond motifs is 2. The Morgan fingerprint density at radius 3 is 2.77 bits per heavy atom. The summed E-state index contributed by atoms with van der Waals surface area (Å²) in [6.07, 6.45) is 0.406. The number of aryl methyl sites for hydroxylation is 2. The van der Waals surface area contributed by atoms with Crippen molar-refractivity contribution in [1.82, 2.24) is 14.9 Å². The van der Waals surface area contributed by atoms with Crippen molar-refractivity contribution in [3.63, 3.8) is 0 Å². The molecular formula is C19H20N4O3. The average Bonchev–Trinajstić information content (AvgIpc) is 2.99. The molecule has 0 radical (unpaired) electrons. The molecular weight excluding hydrogens is 332 g/mol. The number of hydrogen-bond acceptors (Lipinski definition) is 5. The number of ether oxygens (including phenoxy) is 1. The van der Waals surface area contributed by atoms with Crippen LogP contribution in [0.25, 0.3) is 0 Å². The van der Waals surface area contributed by atoms with Crippen LogP contribution in [0.3, 0.4) is 0 Å². The normalized spacial score (nSPS) is 19.1. The Morgan fingerprint density at radius 1 is 1.19 bits per heavy atom. The van der Waals surface area contributed by atoms with Crippen molar-refractivity contribution in [3.05, 3.63) is 46.9 Å². The smallest absolute Gasteiger partial charge is 0.256 e. The molecule has 0 N–H and O–H groups in total. The van der Waals surface area contributed by atoms with Crippen molar-refractivity contribution in [3.8, 4) is 5.88 Å². The molecule has 7 heteroatoms. The van der Waals surface area contributed by atoms with Crippen LogP contribution in [0.4, 0.5) is 5.69 Å². The third kappa shape index (κ3) is 2.69. The number of amides is 2. The third-order valence-corrected chi connectivity index (χ3v) is 4.91. The average molecular weight is 352 g/mol. The first kappa shape index (κ1) is 16.5. The molecule has 1 aromatic heterocycles. The van der Waals surface area contributed by atoms with E-state index in [-0.39, 0.29) is 24.5 Å². The molecule has 2 aliphatic rings. The monoisotopic (exact) mass is 352 g/mol. The Bertz CT molecular complexity index is 912. The van der Waals surface area contributed by atoms with Gasteiger partial charge in [0.05, 0.1) is 17.8 Å². The molecule has 1 atom stereocenters. The lowest BCUT2D eigenvalue weighted by atomic mass is 10.1. The highest BCUT2D eigenvalue weighted by molar-refractivity contribution is 6.09. The summed E-state index contributed by atoms with van der Waals surface area (Å²) in [7, 11) is 1.70. The second kappa shape index (κ2) is 6.09. The van der Waals surface area contributed by atoms with E-state index in [1.165, 1.54) is 4.90 Å². The van der Waals surface area contributed by atoms with Gasteiger partial charge in [-0.15, -0.1) is 0 Å². The molecule has 0 fully saturated rings. The van der Waals surface area contributed by atoms with Gasteiger partial charge in [-0.05, 0) is 26.0 Å². The van der Waals surface area contributed by atoms with Gasteiger partial charge in [-0.3, -0.25) is 9.59 Å². The number of rotatable bonds is 2. The van der Waals surface area contributed by atoms with Crippen LogP contribution in [0, 0.1) is 13.8 Å². The minimum absolute atomic E-state index is 0.0317. The molecule has 0 saturated carbocycles. The first-order chi connectivity index (χ1) is 12.4. The number of para-hydroxylation sites is 1. The van der Waals surface area contributed by atoms with Gasteiger partial charge in [0.1, 0.15) is 18.5 Å². The molecule has 3 heterocycles. The fourth-order valence-corrected chi connectivity index (χ4v) is 3.55. The van der Waals surface area contributed by atoms with Gasteiger partial charge in [0.2, 0.25) is 11.8 Å². The summed E-state index contributed by atoms with van der Waals surface area (Å²) in [5.41, 5.74) is 3.05. The van der Waals surface area contributed by atoms with Gasteiger partial charge in [-0.1, -0.05) is 12.1 Å². The first-order valence-corrected chi connectivity index (χ1v) is 8.59. The summed E-state index contributed by atoms with van der Waals surface area (Å²) in [5, 5.41) is 0. The van der Waals surface area contributed by atoms with Crippen molar-refractivity contribution in [2.45, 2.75) is 26.4 Å². The Kier molecular flexibility index (Phi) is 3.86. The molecule has 7 nitrogen and oxygen atoms in total. The van der Waals surface area contributed by atoms with Gasteiger partial charge in [0.15, 0.2) is 0 Å². The van der Waals surface area contributed by atoms with E-state index in [9.17, 15) is 9.59 Å². The molecule has 2 aromatic rings. The van der Waals surface area contributed by atoms with Gasteiger partial charge in [-0.25, -0.2) is 4.98 Å². The molecule has 1 unspecified atom stereocenters. The largest absolute Gasteiger partial charge is 0.472 e. The topological polar surface area (TPSA) is 75.6 Å². The molecule has 1 aromatic carbocycles. The van der Waals surface area contributed by atoms with Gasteiger partial charge in [-0.2, -0.15) is 4.98 Å². The van der Waals surface area contributed by atoms with E-state index in [1.807, 2.05) is 26.0 Å². The number of carbonyl (C=O) groups is 2. The summed E-state index contributed by atoms with van der Waals surface area (Å²) < 4.78 is 5.94. The molecule has 2 aliphatic heterocycles. The second-order valence-electron chi connectivity index (χ2n) is 6.74. The minimum Gasteiger partial charge on any atom is -0.472 e. The molecule has 0 aliphatic carbocycles. The van der Waals surface area contributed by atoms with Gasteiger partial charge in [0, 0.05) is 24.7 Å². The number of carbonyl (C=O) groups excluding carboxylic acids is 2. The van der Waals surface area contributed by atoms with Crippen LogP contribution >= 0.6 is 0 Å². The Labute approximate surface area is 151 Å². The lowest BCUT2D eigenvalue weighted by Crippen LogP contribution is -2.43. The Balaban J connectivity index is 1.59. The van der Waals surface area contributed by atoms with Crippen LogP contribution in [0.15, 0.2) is 24.3 Å². The zero-order valence-electron chi connectivity index (χ0n) is 15.0. The summed E-state index contributed by atoms with van der Waals surface area (Å²) in [6.45, 7) is 4.13. The lowest BCUT2D eigenvalue weighted by Gasteiger charge is -2.23. The summed E-state index contributed by atoms with van der Waals surface area (Å²) in [5.74, 6) is 0.979. The van der Waals surface area contributed by atoms with Gasteiger partial charge >= 0.3 is 0 Å². The summed E-state index contributed by atoms with van der Waals surface area (Å²) in [6, 6.07) is 7.18. The highest BCUT2D eigenvalue weighted by Crippen LogP contribution is 2.30.